The van der Waals surface area contributed by atoms with Crippen LogP contribution in [0.3, 0.4) is 0 Å². The van der Waals surface area contributed by atoms with E-state index in [4.69, 9.17) is 0 Å². The second-order valence-electron chi connectivity index (χ2n) is 3.00. The first kappa shape index (κ1) is 10.5. The van der Waals surface area contributed by atoms with Crippen molar-refractivity contribution < 1.29 is 14.3 Å². The molecule has 1 aliphatic rings. The predicted octanol–water partition coefficient (Wildman–Crippen LogP) is 0.850. The first-order chi connectivity index (χ1) is 6.65. The maximum Gasteiger partial charge on any atom is 0.307 e. The third-order valence-corrected chi connectivity index (χ3v) is 2.02. The third-order valence-electron chi connectivity index (χ3n) is 2.02. The first-order valence-corrected chi connectivity index (χ1v) is 4.36. The smallest absolute Gasteiger partial charge is 0.307 e. The molecule has 14 heavy (non-hydrogen) atoms. The maximum atomic E-state index is 11.2. The summed E-state index contributed by atoms with van der Waals surface area (Å²) in [6, 6.07) is -0.218. The number of ether oxygens (including phenoxy) is 1. The number of carbonyl (C=O) groups is 2. The van der Waals surface area contributed by atoms with Gasteiger partial charge in [0.15, 0.2) is 0 Å². The zero-order chi connectivity index (χ0) is 10.6. The van der Waals surface area contributed by atoms with Crippen molar-refractivity contribution in [2.45, 2.75) is 19.4 Å². The molecule has 0 unspecified atom stereocenters. The third kappa shape index (κ3) is 2.45. The zero-order valence-corrected chi connectivity index (χ0v) is 8.27. The van der Waals surface area contributed by atoms with Gasteiger partial charge in [-0.25, -0.2) is 0 Å². The van der Waals surface area contributed by atoms with E-state index in [0.29, 0.717) is 0 Å². The summed E-state index contributed by atoms with van der Waals surface area (Å²) in [6.45, 7) is 1.47. The number of methoxy groups -OCH3 is 1. The Morgan fingerprint density at radius 3 is 2.71 bits per heavy atom. The van der Waals surface area contributed by atoms with Crippen molar-refractivity contribution >= 4 is 11.9 Å². The summed E-state index contributed by atoms with van der Waals surface area (Å²) in [7, 11) is 1.34. The maximum absolute atomic E-state index is 11.2. The van der Waals surface area contributed by atoms with Gasteiger partial charge in [-0.05, 0) is 6.08 Å². The van der Waals surface area contributed by atoms with Crippen LogP contribution in [0.15, 0.2) is 24.4 Å². The van der Waals surface area contributed by atoms with Gasteiger partial charge in [-0.1, -0.05) is 12.2 Å². The van der Waals surface area contributed by atoms with Gasteiger partial charge in [-0.3, -0.25) is 9.59 Å². The normalized spacial score (nSPS) is 19.6. The van der Waals surface area contributed by atoms with Crippen LogP contribution >= 0.6 is 0 Å². The van der Waals surface area contributed by atoms with E-state index in [1.165, 1.54) is 18.9 Å². The zero-order valence-electron chi connectivity index (χ0n) is 8.27. The Morgan fingerprint density at radius 1 is 1.43 bits per heavy atom. The summed E-state index contributed by atoms with van der Waals surface area (Å²) >= 11 is 0. The van der Waals surface area contributed by atoms with Gasteiger partial charge in [0, 0.05) is 13.1 Å². The Hall–Kier alpha value is -1.58. The van der Waals surface area contributed by atoms with E-state index in [0.717, 1.165) is 0 Å². The number of rotatable bonds is 2. The summed E-state index contributed by atoms with van der Waals surface area (Å²) < 4.78 is 4.55. The highest BCUT2D eigenvalue weighted by molar-refractivity contribution is 5.77. The molecule has 4 heteroatoms. The summed E-state index contributed by atoms with van der Waals surface area (Å²) in [5.41, 5.74) is 0. The number of allylic oxidation sites excluding steroid dienone is 2. The molecular formula is C10H13NO3. The standard InChI is InChI=1S/C10H13NO3/c1-8(12)11-6-4-3-5-9(11)7-10(13)14-2/h3-6,9H,7H2,1-2H3/t9-/m1/s1. The van der Waals surface area contributed by atoms with Crippen molar-refractivity contribution in [2.24, 2.45) is 0 Å². The Morgan fingerprint density at radius 2 is 2.14 bits per heavy atom. The number of amides is 1. The topological polar surface area (TPSA) is 46.6 Å². The second-order valence-corrected chi connectivity index (χ2v) is 3.00. The number of esters is 1. The van der Waals surface area contributed by atoms with E-state index in [1.807, 2.05) is 6.08 Å². The van der Waals surface area contributed by atoms with Gasteiger partial charge in [-0.15, -0.1) is 0 Å². The summed E-state index contributed by atoms with van der Waals surface area (Å²) in [6.07, 6.45) is 7.23. The predicted molar refractivity (Wildman–Crippen MR) is 51.2 cm³/mol. The van der Waals surface area contributed by atoms with E-state index < -0.39 is 0 Å². The van der Waals surface area contributed by atoms with Gasteiger partial charge in [-0.2, -0.15) is 0 Å². The molecule has 0 aromatic carbocycles. The minimum absolute atomic E-state index is 0.0838. The van der Waals surface area contributed by atoms with E-state index in [1.54, 1.807) is 18.4 Å². The Labute approximate surface area is 82.8 Å². The molecule has 0 N–H and O–H groups in total. The molecule has 0 aromatic heterocycles. The highest BCUT2D eigenvalue weighted by Crippen LogP contribution is 2.12. The fourth-order valence-corrected chi connectivity index (χ4v) is 1.30. The molecule has 1 aliphatic heterocycles. The molecule has 0 fully saturated rings. The Kier molecular flexibility index (Phi) is 3.45. The van der Waals surface area contributed by atoms with Crippen molar-refractivity contribution in [2.75, 3.05) is 7.11 Å². The molecule has 1 rings (SSSR count). The molecule has 1 heterocycles. The van der Waals surface area contributed by atoms with Gasteiger partial charge in [0.2, 0.25) is 5.91 Å². The molecular weight excluding hydrogens is 182 g/mol. The molecule has 4 nitrogen and oxygen atoms in total. The number of carbonyl (C=O) groups excluding carboxylic acids is 2. The van der Waals surface area contributed by atoms with Crippen LogP contribution < -0.4 is 0 Å². The lowest BCUT2D eigenvalue weighted by molar-refractivity contribution is -0.142. The largest absolute Gasteiger partial charge is 0.469 e. The van der Waals surface area contributed by atoms with Gasteiger partial charge in [0.05, 0.1) is 19.6 Å². The van der Waals surface area contributed by atoms with Crippen LogP contribution in [0.1, 0.15) is 13.3 Å². The molecule has 0 radical (unpaired) electrons. The van der Waals surface area contributed by atoms with Crippen LogP contribution in [-0.2, 0) is 14.3 Å². The van der Waals surface area contributed by atoms with Crippen molar-refractivity contribution in [3.63, 3.8) is 0 Å². The highest BCUT2D eigenvalue weighted by atomic mass is 16.5. The van der Waals surface area contributed by atoms with Crippen LogP contribution in [-0.4, -0.2) is 29.9 Å². The summed E-state index contributed by atoms with van der Waals surface area (Å²) in [4.78, 5) is 23.7. The minimum Gasteiger partial charge on any atom is -0.469 e. The monoisotopic (exact) mass is 195 g/mol. The van der Waals surface area contributed by atoms with Crippen LogP contribution in [0, 0.1) is 0 Å². The average molecular weight is 195 g/mol. The molecule has 1 amide bonds. The molecule has 0 saturated carbocycles. The van der Waals surface area contributed by atoms with Crippen LogP contribution in [0.25, 0.3) is 0 Å². The first-order valence-electron chi connectivity index (χ1n) is 4.36. The molecule has 0 saturated heterocycles. The minimum atomic E-state index is -0.318. The van der Waals surface area contributed by atoms with Crippen molar-refractivity contribution in [3.8, 4) is 0 Å². The van der Waals surface area contributed by atoms with Crippen molar-refractivity contribution in [1.82, 2.24) is 4.90 Å². The fraction of sp³-hybridized carbons (Fsp3) is 0.400. The van der Waals surface area contributed by atoms with E-state index >= 15 is 0 Å². The van der Waals surface area contributed by atoms with Crippen molar-refractivity contribution in [1.29, 1.82) is 0 Å². The lowest BCUT2D eigenvalue weighted by Gasteiger charge is -2.26. The average Bonchev–Trinajstić information content (AvgIpc) is 2.18. The Bertz CT molecular complexity index is 294. The fourth-order valence-electron chi connectivity index (χ4n) is 1.30. The number of hydrogen-bond acceptors (Lipinski definition) is 3. The highest BCUT2D eigenvalue weighted by Gasteiger charge is 2.21. The van der Waals surface area contributed by atoms with Crippen molar-refractivity contribution in [3.05, 3.63) is 24.4 Å². The second kappa shape index (κ2) is 4.60. The molecule has 1 atom stereocenters. The van der Waals surface area contributed by atoms with Gasteiger partial charge >= 0.3 is 5.97 Å². The van der Waals surface area contributed by atoms with Gasteiger partial charge < -0.3 is 9.64 Å². The molecule has 0 bridgehead atoms. The molecule has 0 spiro atoms. The SMILES string of the molecule is COC(=O)C[C@H]1C=CC=CN1C(C)=O. The lowest BCUT2D eigenvalue weighted by Crippen LogP contribution is -2.36. The van der Waals surface area contributed by atoms with Crippen LogP contribution in [0.5, 0.6) is 0 Å². The summed E-state index contributed by atoms with van der Waals surface area (Å²) in [5.74, 6) is -0.402. The number of nitrogens with zero attached hydrogens (tertiary/aromatic N) is 1. The quantitative estimate of drug-likeness (QED) is 0.614. The molecule has 0 aliphatic carbocycles. The van der Waals surface area contributed by atoms with E-state index in [2.05, 4.69) is 4.74 Å². The summed E-state index contributed by atoms with van der Waals surface area (Å²) in [5, 5.41) is 0. The number of hydrogen-bond donors (Lipinski definition) is 0. The van der Waals surface area contributed by atoms with Gasteiger partial charge in [0.25, 0.3) is 0 Å². The van der Waals surface area contributed by atoms with E-state index in [9.17, 15) is 9.59 Å². The Balaban J connectivity index is 2.66. The molecule has 76 valence electrons. The molecule has 0 aromatic rings. The van der Waals surface area contributed by atoms with Crippen LogP contribution in [0.4, 0.5) is 0 Å². The van der Waals surface area contributed by atoms with Gasteiger partial charge in [0.1, 0.15) is 0 Å². The lowest BCUT2D eigenvalue weighted by atomic mass is 10.1. The van der Waals surface area contributed by atoms with Crippen LogP contribution in [0.2, 0.25) is 0 Å². The van der Waals surface area contributed by atoms with E-state index in [-0.39, 0.29) is 24.3 Å².